The summed E-state index contributed by atoms with van der Waals surface area (Å²) in [5, 5.41) is 8.13. The lowest BCUT2D eigenvalue weighted by Crippen LogP contribution is -2.32. The number of hydrogen-bond acceptors (Lipinski definition) is 5. The molecule has 29 heavy (non-hydrogen) atoms. The maximum Gasteiger partial charge on any atom is 0.359 e. The van der Waals surface area contributed by atoms with Crippen molar-refractivity contribution in [1.82, 2.24) is 15.1 Å². The molecule has 0 aliphatic rings. The van der Waals surface area contributed by atoms with Gasteiger partial charge in [-0.3, -0.25) is 9.59 Å². The average Bonchev–Trinajstić information content (AvgIpc) is 2.72. The third-order valence-corrected chi connectivity index (χ3v) is 4.79. The lowest BCUT2D eigenvalue weighted by atomic mass is 10.1. The molecule has 1 aromatic heterocycles. The molecule has 1 heterocycles. The summed E-state index contributed by atoms with van der Waals surface area (Å²) in [6.07, 6.45) is 0. The topological polar surface area (TPSA) is 90.3 Å². The van der Waals surface area contributed by atoms with Gasteiger partial charge in [-0.2, -0.15) is 5.10 Å². The molecule has 150 valence electrons. The van der Waals surface area contributed by atoms with Gasteiger partial charge in [0.05, 0.1) is 11.4 Å². The van der Waals surface area contributed by atoms with Crippen LogP contribution in [0.4, 0.5) is 0 Å². The molecule has 3 rings (SSSR count). The smallest absolute Gasteiger partial charge is 0.359 e. The number of benzene rings is 2. The molecule has 2 aromatic carbocycles. The van der Waals surface area contributed by atoms with Crippen LogP contribution in [0.1, 0.15) is 35.9 Å². The minimum absolute atomic E-state index is 0.00555. The maximum absolute atomic E-state index is 12.6. The molecule has 0 radical (unpaired) electrons. The Morgan fingerprint density at radius 3 is 2.48 bits per heavy atom. The van der Waals surface area contributed by atoms with Crippen molar-refractivity contribution in [3.8, 4) is 0 Å². The summed E-state index contributed by atoms with van der Waals surface area (Å²) in [4.78, 5) is 37.1. The van der Waals surface area contributed by atoms with E-state index >= 15 is 0 Å². The zero-order valence-electron chi connectivity index (χ0n) is 16.0. The van der Waals surface area contributed by atoms with Gasteiger partial charge in [-0.25, -0.2) is 9.48 Å². The quantitative estimate of drug-likeness (QED) is 0.627. The summed E-state index contributed by atoms with van der Waals surface area (Å²) < 4.78 is 6.34. The molecule has 8 heteroatoms. The van der Waals surface area contributed by atoms with E-state index < -0.39 is 18.5 Å². The first-order valence-corrected chi connectivity index (χ1v) is 9.51. The van der Waals surface area contributed by atoms with Crippen LogP contribution in [0.15, 0.2) is 53.3 Å². The van der Waals surface area contributed by atoms with Crippen molar-refractivity contribution in [3.05, 3.63) is 75.2 Å². The first-order valence-electron chi connectivity index (χ1n) is 9.13. The number of nitrogens with one attached hydrogen (secondary N) is 1. The number of aromatic nitrogens is 2. The van der Waals surface area contributed by atoms with Crippen LogP contribution in [0.5, 0.6) is 0 Å². The minimum atomic E-state index is -0.774. The van der Waals surface area contributed by atoms with Crippen LogP contribution in [0.3, 0.4) is 0 Å². The van der Waals surface area contributed by atoms with Crippen molar-refractivity contribution in [3.63, 3.8) is 0 Å². The number of fused-ring (bicyclic) bond motifs is 1. The van der Waals surface area contributed by atoms with Crippen molar-refractivity contribution >= 4 is 34.2 Å². The molecule has 1 N–H and O–H groups in total. The van der Waals surface area contributed by atoms with Crippen LogP contribution in [0.2, 0.25) is 5.02 Å². The Morgan fingerprint density at radius 1 is 1.14 bits per heavy atom. The number of esters is 1. The van der Waals surface area contributed by atoms with Crippen LogP contribution in [0.25, 0.3) is 10.8 Å². The van der Waals surface area contributed by atoms with Gasteiger partial charge in [-0.1, -0.05) is 48.0 Å². The second-order valence-corrected chi connectivity index (χ2v) is 6.81. The predicted molar refractivity (Wildman–Crippen MR) is 110 cm³/mol. The van der Waals surface area contributed by atoms with Crippen molar-refractivity contribution < 1.29 is 14.3 Å². The van der Waals surface area contributed by atoms with Crippen molar-refractivity contribution in [2.45, 2.75) is 26.4 Å². The first-order chi connectivity index (χ1) is 13.9. The maximum atomic E-state index is 12.6. The normalized spacial score (nSPS) is 11.8. The lowest BCUT2D eigenvalue weighted by Gasteiger charge is -2.16. The van der Waals surface area contributed by atoms with Gasteiger partial charge in [-0.05, 0) is 31.5 Å². The van der Waals surface area contributed by atoms with E-state index in [4.69, 9.17) is 16.3 Å². The zero-order valence-corrected chi connectivity index (χ0v) is 16.8. The molecule has 0 spiro atoms. The summed E-state index contributed by atoms with van der Waals surface area (Å²) in [6.45, 7) is 3.36. The lowest BCUT2D eigenvalue weighted by molar-refractivity contribution is -0.124. The van der Waals surface area contributed by atoms with Crippen LogP contribution in [0, 0.1) is 0 Å². The third-order valence-electron chi connectivity index (χ3n) is 4.44. The largest absolute Gasteiger partial charge is 0.451 e. The van der Waals surface area contributed by atoms with Gasteiger partial charge in [0.2, 0.25) is 0 Å². The predicted octanol–water partition coefficient (Wildman–Crippen LogP) is 3.10. The number of hydrogen-bond donors (Lipinski definition) is 1. The first kappa shape index (κ1) is 20.5. The number of carbonyl (C=O) groups excluding carboxylic acids is 2. The number of amides is 1. The Kier molecular flexibility index (Phi) is 6.29. The summed E-state index contributed by atoms with van der Waals surface area (Å²) in [5.74, 6) is -1.25. The highest BCUT2D eigenvalue weighted by molar-refractivity contribution is 6.31. The molecule has 7 nitrogen and oxygen atoms in total. The molecule has 0 aliphatic carbocycles. The van der Waals surface area contributed by atoms with Gasteiger partial charge < -0.3 is 10.1 Å². The second kappa shape index (κ2) is 8.87. The van der Waals surface area contributed by atoms with E-state index in [1.807, 2.05) is 12.1 Å². The molecule has 0 fully saturated rings. The van der Waals surface area contributed by atoms with Gasteiger partial charge in [-0.15, -0.1) is 0 Å². The standard InChI is InChI=1S/C21H20ClN3O4/c1-3-25-20(27)16-10-5-4-9-15(16)19(24-25)21(28)29-12-18(26)23-13(2)14-8-6-7-11-17(14)22/h4-11,13H,3,12H2,1-2H3,(H,23,26)/t13-/m0/s1. The van der Waals surface area contributed by atoms with Crippen molar-refractivity contribution in [2.24, 2.45) is 0 Å². The molecular weight excluding hydrogens is 394 g/mol. The Hall–Kier alpha value is -3.19. The molecule has 0 saturated carbocycles. The number of carbonyl (C=O) groups is 2. The van der Waals surface area contributed by atoms with Crippen molar-refractivity contribution in [2.75, 3.05) is 6.61 Å². The van der Waals surface area contributed by atoms with Crippen LogP contribution in [-0.4, -0.2) is 28.3 Å². The molecule has 0 aliphatic heterocycles. The van der Waals surface area contributed by atoms with E-state index in [9.17, 15) is 14.4 Å². The van der Waals surface area contributed by atoms with Crippen molar-refractivity contribution in [1.29, 1.82) is 0 Å². The molecule has 1 atom stereocenters. The third kappa shape index (κ3) is 4.46. The van der Waals surface area contributed by atoms with Crippen LogP contribution >= 0.6 is 11.6 Å². The van der Waals surface area contributed by atoms with E-state index in [0.717, 1.165) is 5.56 Å². The van der Waals surface area contributed by atoms with E-state index in [2.05, 4.69) is 10.4 Å². The minimum Gasteiger partial charge on any atom is -0.451 e. The summed E-state index contributed by atoms with van der Waals surface area (Å²) in [5.41, 5.74) is 0.469. The van der Waals surface area contributed by atoms with E-state index in [0.29, 0.717) is 22.3 Å². The fourth-order valence-corrected chi connectivity index (χ4v) is 3.29. The summed E-state index contributed by atoms with van der Waals surface area (Å²) in [7, 11) is 0. The molecule has 1 amide bonds. The highest BCUT2D eigenvalue weighted by Gasteiger charge is 2.19. The highest BCUT2D eigenvalue weighted by Crippen LogP contribution is 2.22. The van der Waals surface area contributed by atoms with Gasteiger partial charge in [0.1, 0.15) is 0 Å². The van der Waals surface area contributed by atoms with Gasteiger partial charge in [0.15, 0.2) is 12.3 Å². The number of ether oxygens (including phenoxy) is 1. The molecule has 0 bridgehead atoms. The van der Waals surface area contributed by atoms with Crippen LogP contribution < -0.4 is 10.9 Å². The average molecular weight is 414 g/mol. The van der Waals surface area contributed by atoms with Gasteiger partial charge in [0, 0.05) is 17.0 Å². The SMILES string of the molecule is CCn1nc(C(=O)OCC(=O)N[C@@H](C)c2ccccc2Cl)c2ccccc2c1=O. The number of aryl methyl sites for hydroxylation is 1. The fourth-order valence-electron chi connectivity index (χ4n) is 2.99. The second-order valence-electron chi connectivity index (χ2n) is 6.40. The monoisotopic (exact) mass is 413 g/mol. The van der Waals surface area contributed by atoms with E-state index in [-0.39, 0.29) is 17.3 Å². The Balaban J connectivity index is 1.73. The summed E-state index contributed by atoms with van der Waals surface area (Å²) >= 11 is 6.13. The molecular formula is C21H20ClN3O4. The zero-order chi connectivity index (χ0) is 21.0. The fraction of sp³-hybridized carbons (Fsp3) is 0.238. The van der Waals surface area contributed by atoms with Gasteiger partial charge in [0.25, 0.3) is 11.5 Å². The van der Waals surface area contributed by atoms with Gasteiger partial charge >= 0.3 is 5.97 Å². The molecule has 0 unspecified atom stereocenters. The number of halogens is 1. The molecule has 3 aromatic rings. The van der Waals surface area contributed by atoms with E-state index in [1.54, 1.807) is 50.2 Å². The summed E-state index contributed by atoms with van der Waals surface area (Å²) in [6, 6.07) is 13.5. The molecule has 0 saturated heterocycles. The Bertz CT molecular complexity index is 1130. The number of nitrogens with zero attached hydrogens (tertiary/aromatic N) is 2. The van der Waals surface area contributed by atoms with E-state index in [1.165, 1.54) is 4.68 Å². The highest BCUT2D eigenvalue weighted by atomic mass is 35.5. The van der Waals surface area contributed by atoms with Crippen LogP contribution in [-0.2, 0) is 16.1 Å². The number of rotatable bonds is 6. The Morgan fingerprint density at radius 2 is 1.79 bits per heavy atom. The Labute approximate surface area is 172 Å².